The van der Waals surface area contributed by atoms with Crippen molar-refractivity contribution in [2.75, 3.05) is 19.5 Å². The van der Waals surface area contributed by atoms with E-state index >= 15 is 0 Å². The van der Waals surface area contributed by atoms with E-state index in [1.54, 1.807) is 20.3 Å². The fourth-order valence-corrected chi connectivity index (χ4v) is 3.21. The zero-order chi connectivity index (χ0) is 17.7. The molecule has 0 saturated heterocycles. The third-order valence-corrected chi connectivity index (χ3v) is 4.46. The number of benzene rings is 2. The smallest absolute Gasteiger partial charge is 0.171 e. The van der Waals surface area contributed by atoms with Crippen LogP contribution in [-0.4, -0.2) is 19.3 Å². The Bertz CT molecular complexity index is 743. The van der Waals surface area contributed by atoms with Crippen LogP contribution in [0.5, 0.6) is 11.5 Å². The molecule has 0 aliphatic heterocycles. The van der Waals surface area contributed by atoms with E-state index in [4.69, 9.17) is 33.3 Å². The SMILES string of the molecule is COc1ccc(OC)c([C@@H](C)NC(=S)Nc2ccc(Br)cc2Cl)c1. The number of anilines is 1. The Balaban J connectivity index is 2.11. The molecule has 0 fully saturated rings. The zero-order valence-electron chi connectivity index (χ0n) is 13.5. The van der Waals surface area contributed by atoms with Crippen LogP contribution < -0.4 is 20.1 Å². The summed E-state index contributed by atoms with van der Waals surface area (Å²) < 4.78 is 11.6. The number of thiocarbonyl (C=S) groups is 1. The monoisotopic (exact) mass is 428 g/mol. The highest BCUT2D eigenvalue weighted by Gasteiger charge is 2.14. The minimum absolute atomic E-state index is 0.0794. The third-order valence-electron chi connectivity index (χ3n) is 3.43. The lowest BCUT2D eigenvalue weighted by Gasteiger charge is -2.20. The lowest BCUT2D eigenvalue weighted by atomic mass is 10.1. The molecule has 2 aromatic carbocycles. The largest absolute Gasteiger partial charge is 0.497 e. The molecular formula is C17H18BrClN2O2S. The van der Waals surface area contributed by atoms with Crippen LogP contribution in [0.4, 0.5) is 5.69 Å². The molecule has 24 heavy (non-hydrogen) atoms. The highest BCUT2D eigenvalue weighted by Crippen LogP contribution is 2.30. The summed E-state index contributed by atoms with van der Waals surface area (Å²) in [5.74, 6) is 1.52. The van der Waals surface area contributed by atoms with E-state index < -0.39 is 0 Å². The molecule has 128 valence electrons. The van der Waals surface area contributed by atoms with Crippen molar-refractivity contribution in [2.24, 2.45) is 0 Å². The fraction of sp³-hybridized carbons (Fsp3) is 0.235. The van der Waals surface area contributed by atoms with Crippen molar-refractivity contribution < 1.29 is 9.47 Å². The first kappa shape index (κ1) is 18.8. The molecule has 0 aliphatic carbocycles. The summed E-state index contributed by atoms with van der Waals surface area (Å²) in [4.78, 5) is 0. The molecule has 0 bridgehead atoms. The molecule has 0 aliphatic rings. The van der Waals surface area contributed by atoms with Gasteiger partial charge in [0, 0.05) is 10.0 Å². The minimum atomic E-state index is -0.0794. The number of hydrogen-bond donors (Lipinski definition) is 2. The van der Waals surface area contributed by atoms with E-state index in [0.29, 0.717) is 10.1 Å². The minimum Gasteiger partial charge on any atom is -0.497 e. The van der Waals surface area contributed by atoms with Gasteiger partial charge in [0.1, 0.15) is 11.5 Å². The van der Waals surface area contributed by atoms with Crippen LogP contribution in [0.15, 0.2) is 40.9 Å². The number of hydrogen-bond acceptors (Lipinski definition) is 3. The first-order valence-electron chi connectivity index (χ1n) is 7.19. The predicted octanol–water partition coefficient (Wildman–Crippen LogP) is 5.17. The Morgan fingerprint density at radius 2 is 1.92 bits per heavy atom. The van der Waals surface area contributed by atoms with Crippen LogP contribution >= 0.6 is 39.7 Å². The quantitative estimate of drug-likeness (QED) is 0.642. The van der Waals surface area contributed by atoms with E-state index in [-0.39, 0.29) is 6.04 Å². The first-order valence-corrected chi connectivity index (χ1v) is 8.77. The van der Waals surface area contributed by atoms with Crippen molar-refractivity contribution in [3.05, 3.63) is 51.5 Å². The molecule has 1 atom stereocenters. The van der Waals surface area contributed by atoms with Gasteiger partial charge in [-0.3, -0.25) is 0 Å². The zero-order valence-corrected chi connectivity index (χ0v) is 16.7. The van der Waals surface area contributed by atoms with Crippen LogP contribution in [0.25, 0.3) is 0 Å². The maximum absolute atomic E-state index is 6.20. The summed E-state index contributed by atoms with van der Waals surface area (Å²) in [6.07, 6.45) is 0. The Morgan fingerprint density at radius 3 is 2.54 bits per heavy atom. The van der Waals surface area contributed by atoms with Gasteiger partial charge in [0.25, 0.3) is 0 Å². The third kappa shape index (κ3) is 4.75. The Hall–Kier alpha value is -1.50. The Kier molecular flexibility index (Phi) is 6.71. The molecule has 0 aromatic heterocycles. The van der Waals surface area contributed by atoms with E-state index in [0.717, 1.165) is 27.2 Å². The van der Waals surface area contributed by atoms with Crippen LogP contribution in [-0.2, 0) is 0 Å². The summed E-state index contributed by atoms with van der Waals surface area (Å²) in [6, 6.07) is 11.1. The lowest BCUT2D eigenvalue weighted by Crippen LogP contribution is -2.31. The van der Waals surface area contributed by atoms with Gasteiger partial charge in [-0.1, -0.05) is 27.5 Å². The molecule has 0 spiro atoms. The number of rotatable bonds is 5. The van der Waals surface area contributed by atoms with Gasteiger partial charge in [0.05, 0.1) is 31.0 Å². The van der Waals surface area contributed by atoms with Crippen LogP contribution in [0.3, 0.4) is 0 Å². The molecule has 0 saturated carbocycles. The van der Waals surface area contributed by atoms with Gasteiger partial charge >= 0.3 is 0 Å². The number of ether oxygens (including phenoxy) is 2. The van der Waals surface area contributed by atoms with Gasteiger partial charge in [-0.15, -0.1) is 0 Å². The van der Waals surface area contributed by atoms with Gasteiger partial charge in [0.15, 0.2) is 5.11 Å². The van der Waals surface area contributed by atoms with Gasteiger partial charge in [0.2, 0.25) is 0 Å². The van der Waals surface area contributed by atoms with Crippen molar-refractivity contribution in [2.45, 2.75) is 13.0 Å². The number of methoxy groups -OCH3 is 2. The highest BCUT2D eigenvalue weighted by atomic mass is 79.9. The summed E-state index contributed by atoms with van der Waals surface area (Å²) in [6.45, 7) is 1.99. The van der Waals surface area contributed by atoms with Gasteiger partial charge in [-0.2, -0.15) is 0 Å². The predicted molar refractivity (Wildman–Crippen MR) is 106 cm³/mol. The molecule has 7 heteroatoms. The first-order chi connectivity index (χ1) is 11.4. The molecule has 2 rings (SSSR count). The summed E-state index contributed by atoms with van der Waals surface area (Å²) in [5.41, 5.74) is 1.69. The second kappa shape index (κ2) is 8.55. The number of halogens is 2. The van der Waals surface area contributed by atoms with Crippen molar-refractivity contribution in [1.29, 1.82) is 0 Å². The normalized spacial score (nSPS) is 11.5. The van der Waals surface area contributed by atoms with Crippen LogP contribution in [0.1, 0.15) is 18.5 Å². The standard InChI is InChI=1S/C17H18BrClN2O2S/c1-10(13-9-12(22-2)5-7-16(13)23-3)20-17(24)21-15-6-4-11(18)8-14(15)19/h4-10H,1-3H3,(H2,20,21,24)/t10-/m1/s1. The summed E-state index contributed by atoms with van der Waals surface area (Å²) in [5, 5.41) is 7.38. The van der Waals surface area contributed by atoms with Crippen molar-refractivity contribution in [3.8, 4) is 11.5 Å². The van der Waals surface area contributed by atoms with E-state index in [9.17, 15) is 0 Å². The summed E-state index contributed by atoms with van der Waals surface area (Å²) in [7, 11) is 3.27. The van der Waals surface area contributed by atoms with Crippen LogP contribution in [0, 0.1) is 0 Å². The van der Waals surface area contributed by atoms with E-state index in [1.165, 1.54) is 0 Å². The molecular weight excluding hydrogens is 412 g/mol. The van der Waals surface area contributed by atoms with Crippen molar-refractivity contribution in [1.82, 2.24) is 5.32 Å². The fourth-order valence-electron chi connectivity index (χ4n) is 2.20. The molecule has 2 N–H and O–H groups in total. The maximum atomic E-state index is 6.20. The second-order valence-electron chi connectivity index (χ2n) is 5.05. The molecule has 0 radical (unpaired) electrons. The number of nitrogens with one attached hydrogen (secondary N) is 2. The highest BCUT2D eigenvalue weighted by molar-refractivity contribution is 9.10. The molecule has 0 heterocycles. The molecule has 2 aromatic rings. The lowest BCUT2D eigenvalue weighted by molar-refractivity contribution is 0.395. The van der Waals surface area contributed by atoms with Gasteiger partial charge in [-0.25, -0.2) is 0 Å². The average molecular weight is 430 g/mol. The van der Waals surface area contributed by atoms with E-state index in [1.807, 2.05) is 37.3 Å². The van der Waals surface area contributed by atoms with Gasteiger partial charge < -0.3 is 20.1 Å². The van der Waals surface area contributed by atoms with Crippen molar-refractivity contribution in [3.63, 3.8) is 0 Å². The Labute approximate surface area is 160 Å². The van der Waals surface area contributed by atoms with E-state index in [2.05, 4.69) is 26.6 Å². The maximum Gasteiger partial charge on any atom is 0.171 e. The molecule has 4 nitrogen and oxygen atoms in total. The average Bonchev–Trinajstić information content (AvgIpc) is 2.56. The second-order valence-corrected chi connectivity index (χ2v) is 6.78. The molecule has 0 unspecified atom stereocenters. The van der Waals surface area contributed by atoms with Gasteiger partial charge in [-0.05, 0) is 55.5 Å². The Morgan fingerprint density at radius 1 is 1.17 bits per heavy atom. The summed E-state index contributed by atoms with van der Waals surface area (Å²) >= 11 is 15.0. The van der Waals surface area contributed by atoms with Crippen molar-refractivity contribution >= 4 is 50.5 Å². The van der Waals surface area contributed by atoms with Crippen LogP contribution in [0.2, 0.25) is 5.02 Å². The molecule has 0 amide bonds. The topological polar surface area (TPSA) is 42.5 Å².